The number of rotatable bonds is 5. The molecular weight excluding hydrogens is 426 g/mol. The summed E-state index contributed by atoms with van der Waals surface area (Å²) >= 11 is 6.71. The molecule has 0 unspecified atom stereocenters. The summed E-state index contributed by atoms with van der Waals surface area (Å²) in [7, 11) is 0. The van der Waals surface area contributed by atoms with Crippen LogP contribution in [0.2, 0.25) is 0 Å². The number of phenolic OH excluding ortho intramolecular Hbond substituents is 1. The zero-order chi connectivity index (χ0) is 16.8. The molecule has 0 fully saturated rings. The normalized spacial score (nSPS) is 10.7. The molecule has 0 bridgehead atoms. The first kappa shape index (κ1) is 17.5. The van der Waals surface area contributed by atoms with Crippen LogP contribution in [0.15, 0.2) is 50.4 Å². The Balaban J connectivity index is 1.89. The van der Waals surface area contributed by atoms with Gasteiger partial charge in [0.15, 0.2) is 0 Å². The molecule has 5 nitrogen and oxygen atoms in total. The summed E-state index contributed by atoms with van der Waals surface area (Å²) in [5, 5.41) is 16.8. The molecule has 0 saturated heterocycles. The van der Waals surface area contributed by atoms with Gasteiger partial charge in [-0.1, -0.05) is 37.9 Å². The minimum Gasteiger partial charge on any atom is -0.507 e. The number of hydrogen-bond donors (Lipinski definition) is 3. The van der Waals surface area contributed by atoms with Gasteiger partial charge < -0.3 is 10.4 Å². The summed E-state index contributed by atoms with van der Waals surface area (Å²) in [5.41, 5.74) is 4.49. The van der Waals surface area contributed by atoms with Crippen LogP contribution >= 0.6 is 31.9 Å². The number of benzene rings is 2. The molecule has 7 heteroatoms. The highest BCUT2D eigenvalue weighted by molar-refractivity contribution is 9.10. The average Bonchev–Trinajstić information content (AvgIpc) is 2.50. The highest BCUT2D eigenvalue weighted by Gasteiger charge is 2.04. The Hall–Kier alpha value is -1.86. The number of phenols is 1. The molecule has 0 saturated carbocycles. The Morgan fingerprint density at radius 2 is 2.04 bits per heavy atom. The van der Waals surface area contributed by atoms with E-state index in [1.807, 2.05) is 24.3 Å². The van der Waals surface area contributed by atoms with E-state index in [-0.39, 0.29) is 18.2 Å². The lowest BCUT2D eigenvalue weighted by atomic mass is 10.1. The number of nitrogens with one attached hydrogen (secondary N) is 2. The van der Waals surface area contributed by atoms with Gasteiger partial charge in [0.05, 0.1) is 12.8 Å². The first-order chi connectivity index (χ1) is 11.0. The fraction of sp³-hybridized carbons (Fsp3) is 0.125. The Kier molecular flexibility index (Phi) is 6.18. The Morgan fingerprint density at radius 1 is 1.26 bits per heavy atom. The predicted molar refractivity (Wildman–Crippen MR) is 98.9 cm³/mol. The van der Waals surface area contributed by atoms with Gasteiger partial charge in [0.1, 0.15) is 5.75 Å². The number of nitrogens with zero attached hydrogens (tertiary/aromatic N) is 1. The molecule has 0 aliphatic rings. The van der Waals surface area contributed by atoms with Gasteiger partial charge >= 0.3 is 0 Å². The largest absolute Gasteiger partial charge is 0.507 e. The maximum absolute atomic E-state index is 11.7. The van der Waals surface area contributed by atoms with E-state index in [2.05, 4.69) is 47.7 Å². The van der Waals surface area contributed by atoms with Crippen LogP contribution in [0.25, 0.3) is 0 Å². The van der Waals surface area contributed by atoms with Crippen LogP contribution < -0.4 is 10.7 Å². The van der Waals surface area contributed by atoms with Gasteiger partial charge in [-0.3, -0.25) is 4.79 Å². The van der Waals surface area contributed by atoms with Crippen LogP contribution in [-0.2, 0) is 4.79 Å². The molecule has 2 rings (SSSR count). The number of carbonyl (C=O) groups is 1. The van der Waals surface area contributed by atoms with Crippen molar-refractivity contribution in [3.63, 3.8) is 0 Å². The van der Waals surface area contributed by atoms with Crippen LogP contribution in [0, 0.1) is 6.92 Å². The molecule has 2 aromatic rings. The Bertz CT molecular complexity index is 748. The van der Waals surface area contributed by atoms with Crippen molar-refractivity contribution in [2.24, 2.45) is 5.10 Å². The van der Waals surface area contributed by atoms with Gasteiger partial charge in [-0.25, -0.2) is 5.43 Å². The van der Waals surface area contributed by atoms with Crippen molar-refractivity contribution < 1.29 is 9.90 Å². The van der Waals surface area contributed by atoms with E-state index in [9.17, 15) is 9.90 Å². The molecule has 0 spiro atoms. The topological polar surface area (TPSA) is 73.7 Å². The van der Waals surface area contributed by atoms with Crippen molar-refractivity contribution in [3.05, 3.63) is 56.5 Å². The summed E-state index contributed by atoms with van der Waals surface area (Å²) in [4.78, 5) is 11.7. The molecule has 2 aromatic carbocycles. The number of hydrazone groups is 1. The molecule has 0 atom stereocenters. The fourth-order valence-electron chi connectivity index (χ4n) is 1.85. The van der Waals surface area contributed by atoms with Gasteiger partial charge in [0.25, 0.3) is 5.91 Å². The minimum absolute atomic E-state index is 0.0945. The van der Waals surface area contributed by atoms with Crippen LogP contribution in [0.5, 0.6) is 5.75 Å². The number of halogens is 2. The van der Waals surface area contributed by atoms with E-state index in [1.165, 1.54) is 6.21 Å². The van der Waals surface area contributed by atoms with Gasteiger partial charge in [-0.15, -0.1) is 0 Å². The van der Waals surface area contributed by atoms with Crippen LogP contribution in [0.3, 0.4) is 0 Å². The monoisotopic (exact) mass is 439 g/mol. The van der Waals surface area contributed by atoms with E-state index in [0.717, 1.165) is 20.2 Å². The number of anilines is 1. The SMILES string of the molecule is Cc1cc(Br)cc(C=NNC(=O)CNc2cccc(Br)c2)c1O. The van der Waals surface area contributed by atoms with Crippen LogP contribution in [-0.4, -0.2) is 23.8 Å². The predicted octanol–water partition coefficient (Wildman–Crippen LogP) is 3.79. The molecule has 0 aliphatic carbocycles. The Labute approximate surface area is 151 Å². The van der Waals surface area contributed by atoms with Crippen molar-refractivity contribution in [1.29, 1.82) is 0 Å². The molecule has 1 amide bonds. The highest BCUT2D eigenvalue weighted by Crippen LogP contribution is 2.25. The van der Waals surface area contributed by atoms with Crippen molar-refractivity contribution in [3.8, 4) is 5.75 Å². The zero-order valence-electron chi connectivity index (χ0n) is 12.3. The summed E-state index contributed by atoms with van der Waals surface area (Å²) < 4.78 is 1.76. The third kappa shape index (κ3) is 5.37. The molecule has 0 aliphatic heterocycles. The first-order valence-electron chi connectivity index (χ1n) is 6.76. The molecule has 3 N–H and O–H groups in total. The van der Waals surface area contributed by atoms with Gasteiger partial charge in [-0.05, 0) is 42.8 Å². The van der Waals surface area contributed by atoms with Gasteiger partial charge in [-0.2, -0.15) is 5.10 Å². The van der Waals surface area contributed by atoms with E-state index in [0.29, 0.717) is 5.56 Å². The van der Waals surface area contributed by atoms with Crippen molar-refractivity contribution >= 4 is 49.7 Å². The summed E-state index contributed by atoms with van der Waals surface area (Å²) in [6.45, 7) is 1.88. The Morgan fingerprint density at radius 3 is 2.78 bits per heavy atom. The third-order valence-electron chi connectivity index (χ3n) is 2.97. The smallest absolute Gasteiger partial charge is 0.259 e. The second-order valence-electron chi connectivity index (χ2n) is 4.82. The van der Waals surface area contributed by atoms with E-state index in [4.69, 9.17) is 0 Å². The second-order valence-corrected chi connectivity index (χ2v) is 6.65. The standard InChI is InChI=1S/C16H15Br2N3O2/c1-10-5-13(18)6-11(16(10)23)8-20-21-15(22)9-19-14-4-2-3-12(17)7-14/h2-8,19,23H,9H2,1H3,(H,21,22). The summed E-state index contributed by atoms with van der Waals surface area (Å²) in [6.07, 6.45) is 1.41. The highest BCUT2D eigenvalue weighted by atomic mass is 79.9. The average molecular weight is 441 g/mol. The fourth-order valence-corrected chi connectivity index (χ4v) is 2.84. The maximum atomic E-state index is 11.7. The van der Waals surface area contributed by atoms with Crippen molar-refractivity contribution in [2.75, 3.05) is 11.9 Å². The summed E-state index contributed by atoms with van der Waals surface area (Å²) in [6, 6.07) is 11.0. The van der Waals surface area contributed by atoms with Crippen LogP contribution in [0.1, 0.15) is 11.1 Å². The molecular formula is C16H15Br2N3O2. The van der Waals surface area contributed by atoms with Crippen LogP contribution in [0.4, 0.5) is 5.69 Å². The molecule has 23 heavy (non-hydrogen) atoms. The maximum Gasteiger partial charge on any atom is 0.259 e. The van der Waals surface area contributed by atoms with Gasteiger partial charge in [0.2, 0.25) is 0 Å². The van der Waals surface area contributed by atoms with E-state index in [1.54, 1.807) is 19.1 Å². The zero-order valence-corrected chi connectivity index (χ0v) is 15.5. The van der Waals surface area contributed by atoms with E-state index >= 15 is 0 Å². The van der Waals surface area contributed by atoms with Crippen molar-refractivity contribution in [1.82, 2.24) is 5.43 Å². The van der Waals surface area contributed by atoms with Crippen molar-refractivity contribution in [2.45, 2.75) is 6.92 Å². The summed E-state index contributed by atoms with van der Waals surface area (Å²) in [5.74, 6) is -0.147. The quantitative estimate of drug-likeness (QED) is 0.489. The number of hydrogen-bond acceptors (Lipinski definition) is 4. The first-order valence-corrected chi connectivity index (χ1v) is 8.35. The molecule has 0 aromatic heterocycles. The lowest BCUT2D eigenvalue weighted by Gasteiger charge is -2.06. The molecule has 0 radical (unpaired) electrons. The number of carbonyl (C=O) groups excluding carboxylic acids is 1. The molecule has 120 valence electrons. The lowest BCUT2D eigenvalue weighted by molar-refractivity contribution is -0.119. The van der Waals surface area contributed by atoms with E-state index < -0.39 is 0 Å². The van der Waals surface area contributed by atoms with Gasteiger partial charge in [0, 0.05) is 20.2 Å². The minimum atomic E-state index is -0.285. The number of aromatic hydroxyl groups is 1. The molecule has 0 heterocycles. The number of amides is 1. The lowest BCUT2D eigenvalue weighted by Crippen LogP contribution is -2.25. The second kappa shape index (κ2) is 8.12. The number of aryl methyl sites for hydroxylation is 1. The third-order valence-corrected chi connectivity index (χ3v) is 3.92.